The fourth-order valence-corrected chi connectivity index (χ4v) is 1.46. The molecule has 0 radical (unpaired) electrons. The molecule has 1 aliphatic rings. The van der Waals surface area contributed by atoms with Crippen molar-refractivity contribution in [2.45, 2.75) is 39.9 Å². The van der Waals surface area contributed by atoms with Crippen molar-refractivity contribution in [3.8, 4) is 0 Å². The summed E-state index contributed by atoms with van der Waals surface area (Å²) in [6.07, 6.45) is -1.65. The van der Waals surface area contributed by atoms with Crippen molar-refractivity contribution < 1.29 is 10.2 Å². The summed E-state index contributed by atoms with van der Waals surface area (Å²) in [7, 11) is 0. The van der Waals surface area contributed by atoms with E-state index in [0.717, 1.165) is 5.57 Å². The van der Waals surface area contributed by atoms with Gasteiger partial charge in [-0.3, -0.25) is 4.99 Å². The van der Waals surface area contributed by atoms with Crippen LogP contribution in [0.2, 0.25) is 0 Å². The number of aliphatic imine (C=N–C) groups is 1. The average molecular weight is 183 g/mol. The largest absolute Gasteiger partial charge is 0.384 e. The van der Waals surface area contributed by atoms with Crippen LogP contribution in [0, 0.1) is 5.92 Å². The second-order valence-corrected chi connectivity index (χ2v) is 3.97. The monoisotopic (exact) mass is 183 g/mol. The Hall–Kier alpha value is -0.670. The van der Waals surface area contributed by atoms with E-state index in [0.29, 0.717) is 11.4 Å². The summed E-state index contributed by atoms with van der Waals surface area (Å²) in [4.78, 5) is 4.25. The van der Waals surface area contributed by atoms with Crippen LogP contribution in [0.1, 0.15) is 27.7 Å². The first-order valence-corrected chi connectivity index (χ1v) is 4.57. The molecule has 1 heterocycles. The molecule has 0 amide bonds. The van der Waals surface area contributed by atoms with Gasteiger partial charge in [0.1, 0.15) is 12.2 Å². The van der Waals surface area contributed by atoms with Gasteiger partial charge in [-0.1, -0.05) is 19.4 Å². The Morgan fingerprint density at radius 1 is 1.23 bits per heavy atom. The number of allylic oxidation sites excluding steroid dienone is 1. The number of nitrogens with zero attached hydrogens (tertiary/aromatic N) is 1. The van der Waals surface area contributed by atoms with Crippen molar-refractivity contribution in [1.82, 2.24) is 0 Å². The minimum atomic E-state index is -0.831. The lowest BCUT2D eigenvalue weighted by Gasteiger charge is -2.12. The molecule has 0 aliphatic carbocycles. The van der Waals surface area contributed by atoms with E-state index in [-0.39, 0.29) is 5.92 Å². The summed E-state index contributed by atoms with van der Waals surface area (Å²) in [6, 6.07) is 0. The highest BCUT2D eigenvalue weighted by atomic mass is 16.3. The predicted molar refractivity (Wildman–Crippen MR) is 52.7 cm³/mol. The minimum Gasteiger partial charge on any atom is -0.384 e. The molecular weight excluding hydrogens is 166 g/mol. The first kappa shape index (κ1) is 10.4. The Morgan fingerprint density at radius 3 is 2.00 bits per heavy atom. The van der Waals surface area contributed by atoms with Gasteiger partial charge >= 0.3 is 0 Å². The van der Waals surface area contributed by atoms with Crippen molar-refractivity contribution >= 4 is 5.71 Å². The van der Waals surface area contributed by atoms with Crippen LogP contribution in [0.4, 0.5) is 0 Å². The average Bonchev–Trinajstić information content (AvgIpc) is 2.29. The van der Waals surface area contributed by atoms with E-state index in [2.05, 4.69) is 4.99 Å². The van der Waals surface area contributed by atoms with Crippen LogP contribution in [-0.2, 0) is 0 Å². The first-order chi connectivity index (χ1) is 5.95. The van der Waals surface area contributed by atoms with Crippen LogP contribution in [0.3, 0.4) is 0 Å². The standard InChI is InChI=1S/C10H17NO2/c1-5(2)7-9(12)10(13)8(11-7)6(3)4/h5,9-10,12-13H,1-4H3/t9?,10-/m1/s1. The maximum atomic E-state index is 9.63. The van der Waals surface area contributed by atoms with E-state index in [4.69, 9.17) is 0 Å². The lowest BCUT2D eigenvalue weighted by molar-refractivity contribution is 0.0902. The second-order valence-electron chi connectivity index (χ2n) is 3.97. The van der Waals surface area contributed by atoms with Gasteiger partial charge in [-0.05, 0) is 19.8 Å². The van der Waals surface area contributed by atoms with E-state index in [9.17, 15) is 10.2 Å². The molecule has 0 aromatic rings. The Bertz CT molecular complexity index is 262. The van der Waals surface area contributed by atoms with Gasteiger partial charge in [0.15, 0.2) is 0 Å². The lowest BCUT2D eigenvalue weighted by atomic mass is 10.0. The molecule has 0 bridgehead atoms. The lowest BCUT2D eigenvalue weighted by Crippen LogP contribution is -2.31. The third kappa shape index (κ3) is 1.81. The molecule has 74 valence electrons. The van der Waals surface area contributed by atoms with Crippen LogP contribution < -0.4 is 0 Å². The van der Waals surface area contributed by atoms with Crippen LogP contribution in [0.5, 0.6) is 0 Å². The number of rotatable bonds is 1. The van der Waals surface area contributed by atoms with Crippen LogP contribution in [0.15, 0.2) is 16.3 Å². The highest BCUT2D eigenvalue weighted by Crippen LogP contribution is 2.24. The third-order valence-corrected chi connectivity index (χ3v) is 2.24. The highest BCUT2D eigenvalue weighted by molar-refractivity contribution is 5.94. The van der Waals surface area contributed by atoms with E-state index in [1.807, 2.05) is 27.7 Å². The van der Waals surface area contributed by atoms with Crippen LogP contribution in [0.25, 0.3) is 0 Å². The molecule has 0 fully saturated rings. The van der Waals surface area contributed by atoms with Crippen LogP contribution in [-0.4, -0.2) is 28.1 Å². The molecule has 2 N–H and O–H groups in total. The van der Waals surface area contributed by atoms with Gasteiger partial charge in [-0.2, -0.15) is 0 Å². The van der Waals surface area contributed by atoms with Gasteiger partial charge in [0, 0.05) is 0 Å². The fourth-order valence-electron chi connectivity index (χ4n) is 1.46. The first-order valence-electron chi connectivity index (χ1n) is 4.57. The summed E-state index contributed by atoms with van der Waals surface area (Å²) in [5, 5.41) is 19.3. The van der Waals surface area contributed by atoms with Gasteiger partial charge in [-0.25, -0.2) is 0 Å². The van der Waals surface area contributed by atoms with Gasteiger partial charge in [0.05, 0.1) is 11.4 Å². The SMILES string of the molecule is CC(C)=C1N=C(C(C)C)C(O)[C@@H]1O. The molecule has 1 aliphatic heterocycles. The molecule has 0 saturated carbocycles. The van der Waals surface area contributed by atoms with E-state index >= 15 is 0 Å². The molecular formula is C10H17NO2. The number of hydrogen-bond acceptors (Lipinski definition) is 3. The predicted octanol–water partition coefficient (Wildman–Crippen LogP) is 1.11. The zero-order chi connectivity index (χ0) is 10.2. The fraction of sp³-hybridized carbons (Fsp3) is 0.700. The van der Waals surface area contributed by atoms with Crippen molar-refractivity contribution in [3.05, 3.63) is 11.3 Å². The van der Waals surface area contributed by atoms with Crippen molar-refractivity contribution in [1.29, 1.82) is 0 Å². The second kappa shape index (κ2) is 3.60. The molecule has 2 atom stereocenters. The van der Waals surface area contributed by atoms with Gasteiger partial charge in [0.25, 0.3) is 0 Å². The smallest absolute Gasteiger partial charge is 0.127 e. The molecule has 1 rings (SSSR count). The van der Waals surface area contributed by atoms with E-state index in [1.54, 1.807) is 0 Å². The molecule has 0 spiro atoms. The number of aliphatic hydroxyl groups is 2. The Morgan fingerprint density at radius 2 is 1.77 bits per heavy atom. The Kier molecular flexibility index (Phi) is 2.88. The summed E-state index contributed by atoms with van der Waals surface area (Å²) >= 11 is 0. The summed E-state index contributed by atoms with van der Waals surface area (Å²) < 4.78 is 0. The van der Waals surface area contributed by atoms with E-state index in [1.165, 1.54) is 0 Å². The molecule has 0 saturated heterocycles. The van der Waals surface area contributed by atoms with Crippen molar-refractivity contribution in [2.24, 2.45) is 10.9 Å². The van der Waals surface area contributed by atoms with Crippen LogP contribution >= 0.6 is 0 Å². The maximum Gasteiger partial charge on any atom is 0.127 e. The maximum absolute atomic E-state index is 9.63. The highest BCUT2D eigenvalue weighted by Gasteiger charge is 2.33. The molecule has 1 unspecified atom stereocenters. The third-order valence-electron chi connectivity index (χ3n) is 2.24. The Balaban J connectivity index is 3.03. The van der Waals surface area contributed by atoms with Gasteiger partial charge in [0.2, 0.25) is 0 Å². The molecule has 3 nitrogen and oxygen atoms in total. The zero-order valence-electron chi connectivity index (χ0n) is 8.57. The number of hydrogen-bond donors (Lipinski definition) is 2. The Labute approximate surface area is 78.8 Å². The summed E-state index contributed by atoms with van der Waals surface area (Å²) in [5.41, 5.74) is 2.27. The van der Waals surface area contributed by atoms with Crippen molar-refractivity contribution in [3.63, 3.8) is 0 Å². The van der Waals surface area contributed by atoms with Gasteiger partial charge in [-0.15, -0.1) is 0 Å². The van der Waals surface area contributed by atoms with E-state index < -0.39 is 12.2 Å². The molecule has 13 heavy (non-hydrogen) atoms. The quantitative estimate of drug-likeness (QED) is 0.640. The molecule has 0 aromatic heterocycles. The topological polar surface area (TPSA) is 52.8 Å². The minimum absolute atomic E-state index is 0.182. The summed E-state index contributed by atoms with van der Waals surface area (Å²) in [5.74, 6) is 0.182. The summed E-state index contributed by atoms with van der Waals surface area (Å²) in [6.45, 7) is 7.70. The van der Waals surface area contributed by atoms with Crippen molar-refractivity contribution in [2.75, 3.05) is 0 Å². The van der Waals surface area contributed by atoms with Gasteiger partial charge < -0.3 is 10.2 Å². The normalized spacial score (nSPS) is 28.2. The number of aliphatic hydroxyl groups excluding tert-OH is 2. The zero-order valence-corrected chi connectivity index (χ0v) is 8.57. The molecule has 3 heteroatoms. The molecule has 0 aromatic carbocycles.